The number of carbonyl (C=O) groups excluding carboxylic acids is 2. The molecule has 1 aromatic heterocycles. The number of aromatic nitrogens is 1. The number of nitro groups is 2. The van der Waals surface area contributed by atoms with Crippen molar-refractivity contribution in [3.05, 3.63) is 68.5 Å². The maximum atomic E-state index is 13.4. The standard InChI is InChI=1S/C25H33N7O6/c1-4-6-14-30(15-7-5-2)17-21(18(3)28-29-24(33)19-10-12-26-13-11-19)25(34)27-22-9-8-20(31(35)36)16-23(22)32(37)38/h8-13,16,21H,4-7,14-15,17H2,1-3H3,(H,27,34)(H,29,33)/b28-18+. The molecule has 2 N–H and O–H groups in total. The predicted molar refractivity (Wildman–Crippen MR) is 143 cm³/mol. The van der Waals surface area contributed by atoms with E-state index < -0.39 is 39.0 Å². The van der Waals surface area contributed by atoms with Crippen LogP contribution in [0.15, 0.2) is 47.8 Å². The topological polar surface area (TPSA) is 173 Å². The van der Waals surface area contributed by atoms with Crippen LogP contribution in [0.4, 0.5) is 17.1 Å². The fraction of sp³-hybridized carbons (Fsp3) is 0.440. The molecule has 13 heteroatoms. The van der Waals surface area contributed by atoms with Crippen molar-refractivity contribution in [2.75, 3.05) is 25.0 Å². The molecule has 1 atom stereocenters. The molecule has 0 radical (unpaired) electrons. The number of carbonyl (C=O) groups is 2. The van der Waals surface area contributed by atoms with E-state index in [0.717, 1.165) is 57.0 Å². The van der Waals surface area contributed by atoms with Gasteiger partial charge in [-0.15, -0.1) is 0 Å². The summed E-state index contributed by atoms with van der Waals surface area (Å²) in [5, 5.41) is 29.3. The van der Waals surface area contributed by atoms with E-state index in [0.29, 0.717) is 11.3 Å². The van der Waals surface area contributed by atoms with Crippen LogP contribution < -0.4 is 10.7 Å². The van der Waals surface area contributed by atoms with Gasteiger partial charge in [-0.25, -0.2) is 5.43 Å². The second-order valence-corrected chi connectivity index (χ2v) is 8.70. The van der Waals surface area contributed by atoms with E-state index in [4.69, 9.17) is 0 Å². The predicted octanol–water partition coefficient (Wildman–Crippen LogP) is 4.16. The molecule has 1 aromatic carbocycles. The van der Waals surface area contributed by atoms with Gasteiger partial charge in [0.25, 0.3) is 17.3 Å². The van der Waals surface area contributed by atoms with E-state index in [-0.39, 0.29) is 12.2 Å². The minimum absolute atomic E-state index is 0.169. The number of amides is 2. The Morgan fingerprint density at radius 3 is 2.21 bits per heavy atom. The van der Waals surface area contributed by atoms with E-state index in [2.05, 4.69) is 39.6 Å². The van der Waals surface area contributed by atoms with Gasteiger partial charge in [-0.2, -0.15) is 5.10 Å². The summed E-state index contributed by atoms with van der Waals surface area (Å²) in [6, 6.07) is 6.07. The quantitative estimate of drug-likeness (QED) is 0.197. The van der Waals surface area contributed by atoms with Crippen molar-refractivity contribution in [2.24, 2.45) is 11.0 Å². The second kappa shape index (κ2) is 15.1. The molecule has 0 saturated carbocycles. The molecule has 13 nitrogen and oxygen atoms in total. The molecule has 2 aromatic rings. The highest BCUT2D eigenvalue weighted by atomic mass is 16.6. The lowest BCUT2D eigenvalue weighted by atomic mass is 10.0. The Kier molecular flexibility index (Phi) is 11.9. The van der Waals surface area contributed by atoms with Gasteiger partial charge in [0.2, 0.25) is 5.91 Å². The lowest BCUT2D eigenvalue weighted by molar-refractivity contribution is -0.393. The van der Waals surface area contributed by atoms with Crippen molar-refractivity contribution in [1.29, 1.82) is 0 Å². The van der Waals surface area contributed by atoms with Crippen LogP contribution in [0.5, 0.6) is 0 Å². The van der Waals surface area contributed by atoms with Gasteiger partial charge in [0.15, 0.2) is 0 Å². The molecule has 0 bridgehead atoms. The highest BCUT2D eigenvalue weighted by Crippen LogP contribution is 2.29. The van der Waals surface area contributed by atoms with Crippen LogP contribution in [-0.2, 0) is 4.79 Å². The summed E-state index contributed by atoms with van der Waals surface area (Å²) in [5.41, 5.74) is 1.85. The Balaban J connectivity index is 2.35. The minimum Gasteiger partial charge on any atom is -0.320 e. The van der Waals surface area contributed by atoms with Gasteiger partial charge in [0.1, 0.15) is 5.69 Å². The monoisotopic (exact) mass is 527 g/mol. The van der Waals surface area contributed by atoms with E-state index in [9.17, 15) is 29.8 Å². The summed E-state index contributed by atoms with van der Waals surface area (Å²) in [4.78, 5) is 53.0. The first kappa shape index (κ1) is 30.0. The number of pyridine rings is 1. The molecule has 2 amide bonds. The van der Waals surface area contributed by atoms with E-state index >= 15 is 0 Å². The van der Waals surface area contributed by atoms with Gasteiger partial charge in [-0.05, 0) is 51.1 Å². The highest BCUT2D eigenvalue weighted by Gasteiger charge is 2.28. The van der Waals surface area contributed by atoms with Crippen molar-refractivity contribution in [3.8, 4) is 0 Å². The Morgan fingerprint density at radius 1 is 1.03 bits per heavy atom. The maximum absolute atomic E-state index is 13.4. The van der Waals surface area contributed by atoms with Crippen molar-refractivity contribution in [2.45, 2.75) is 46.5 Å². The third-order valence-corrected chi connectivity index (χ3v) is 5.84. The average Bonchev–Trinajstić information content (AvgIpc) is 2.91. The summed E-state index contributed by atoms with van der Waals surface area (Å²) in [7, 11) is 0. The number of non-ortho nitro benzene ring substituents is 1. The summed E-state index contributed by atoms with van der Waals surface area (Å²) >= 11 is 0. The number of nitrogens with zero attached hydrogens (tertiary/aromatic N) is 5. The van der Waals surface area contributed by atoms with Crippen LogP contribution in [0.3, 0.4) is 0 Å². The molecule has 1 unspecified atom stereocenters. The molecule has 2 rings (SSSR count). The SMILES string of the molecule is CCCCN(CCCC)CC(C(=O)Nc1ccc([N+](=O)[O-])cc1[N+](=O)[O-])/C(C)=N/NC(=O)c1ccncc1. The van der Waals surface area contributed by atoms with Gasteiger partial charge >= 0.3 is 0 Å². The molecule has 0 aliphatic rings. The first-order valence-corrected chi connectivity index (χ1v) is 12.4. The first-order chi connectivity index (χ1) is 18.2. The molecule has 0 saturated heterocycles. The zero-order chi connectivity index (χ0) is 28.1. The summed E-state index contributed by atoms with van der Waals surface area (Å²) in [6.45, 7) is 7.49. The molecule has 0 aliphatic carbocycles. The smallest absolute Gasteiger partial charge is 0.299 e. The van der Waals surface area contributed by atoms with Crippen molar-refractivity contribution in [3.63, 3.8) is 0 Å². The fourth-order valence-electron chi connectivity index (χ4n) is 3.62. The molecule has 0 aliphatic heterocycles. The van der Waals surface area contributed by atoms with E-state index in [1.807, 2.05) is 0 Å². The first-order valence-electron chi connectivity index (χ1n) is 12.4. The number of rotatable bonds is 15. The van der Waals surface area contributed by atoms with Gasteiger partial charge < -0.3 is 10.2 Å². The molecule has 204 valence electrons. The zero-order valence-electron chi connectivity index (χ0n) is 21.8. The minimum atomic E-state index is -0.865. The highest BCUT2D eigenvalue weighted by molar-refractivity contribution is 6.09. The largest absolute Gasteiger partial charge is 0.320 e. The Bertz CT molecular complexity index is 1150. The van der Waals surface area contributed by atoms with Crippen molar-refractivity contribution < 1.29 is 19.4 Å². The molecular weight excluding hydrogens is 494 g/mol. The molecule has 0 spiro atoms. The number of hydrogen-bond acceptors (Lipinski definition) is 9. The average molecular weight is 528 g/mol. The number of hydrogen-bond donors (Lipinski definition) is 2. The van der Waals surface area contributed by atoms with Crippen LogP contribution in [-0.4, -0.2) is 56.9 Å². The van der Waals surface area contributed by atoms with Crippen molar-refractivity contribution >= 4 is 34.6 Å². The van der Waals surface area contributed by atoms with Crippen LogP contribution >= 0.6 is 0 Å². The second-order valence-electron chi connectivity index (χ2n) is 8.70. The van der Waals surface area contributed by atoms with Gasteiger partial charge in [0, 0.05) is 36.3 Å². The number of nitrogens with one attached hydrogen (secondary N) is 2. The maximum Gasteiger partial charge on any atom is 0.299 e. The number of nitro benzene ring substituents is 2. The van der Waals surface area contributed by atoms with Gasteiger partial charge in [-0.1, -0.05) is 26.7 Å². The van der Waals surface area contributed by atoms with E-state index in [1.165, 1.54) is 24.5 Å². The molecule has 1 heterocycles. The third-order valence-electron chi connectivity index (χ3n) is 5.84. The van der Waals surface area contributed by atoms with Crippen LogP contribution in [0, 0.1) is 26.1 Å². The van der Waals surface area contributed by atoms with Crippen molar-refractivity contribution in [1.82, 2.24) is 15.3 Å². The summed E-state index contributed by atoms with van der Waals surface area (Å²) < 4.78 is 0. The lowest BCUT2D eigenvalue weighted by Gasteiger charge is -2.27. The van der Waals surface area contributed by atoms with Crippen LogP contribution in [0.2, 0.25) is 0 Å². The molecular formula is C25H33N7O6. The summed E-state index contributed by atoms with van der Waals surface area (Å²) in [5.74, 6) is -1.93. The number of benzene rings is 1. The Hall–Kier alpha value is -4.26. The molecule has 38 heavy (non-hydrogen) atoms. The number of unbranched alkanes of at least 4 members (excludes halogenated alkanes) is 2. The number of anilines is 1. The van der Waals surface area contributed by atoms with Gasteiger partial charge in [-0.3, -0.25) is 34.8 Å². The van der Waals surface area contributed by atoms with Gasteiger partial charge in [0.05, 0.1) is 21.8 Å². The van der Waals surface area contributed by atoms with Crippen LogP contribution in [0.1, 0.15) is 56.8 Å². The lowest BCUT2D eigenvalue weighted by Crippen LogP contribution is -2.41. The summed E-state index contributed by atoms with van der Waals surface area (Å²) in [6.07, 6.45) is 6.70. The Labute approximate surface area is 220 Å². The number of hydrazone groups is 1. The fourth-order valence-corrected chi connectivity index (χ4v) is 3.62. The Morgan fingerprint density at radius 2 is 1.66 bits per heavy atom. The zero-order valence-corrected chi connectivity index (χ0v) is 21.8. The normalized spacial score (nSPS) is 12.2. The molecule has 0 fully saturated rings. The van der Waals surface area contributed by atoms with E-state index in [1.54, 1.807) is 6.92 Å². The third kappa shape index (κ3) is 9.00. The van der Waals surface area contributed by atoms with Crippen LogP contribution in [0.25, 0.3) is 0 Å².